The fourth-order valence-electron chi connectivity index (χ4n) is 1.53. The zero-order valence-corrected chi connectivity index (χ0v) is 11.0. The number of carbonyl (C=O) groups is 1. The molecule has 0 aliphatic rings. The Kier molecular flexibility index (Phi) is 3.43. The van der Waals surface area contributed by atoms with Crippen LogP contribution in [-0.2, 0) is 7.05 Å². The molecule has 0 saturated heterocycles. The second-order valence-electron chi connectivity index (χ2n) is 3.39. The third-order valence-corrected chi connectivity index (χ3v) is 3.41. The maximum absolute atomic E-state index is 11.0. The van der Waals surface area contributed by atoms with Gasteiger partial charge in [-0.15, -0.1) is 0 Å². The van der Waals surface area contributed by atoms with Crippen molar-refractivity contribution in [1.29, 1.82) is 0 Å². The van der Waals surface area contributed by atoms with Gasteiger partial charge in [0.05, 0.1) is 15.6 Å². The molecular weight excluding hydrogens is 282 g/mol. The first-order valence-electron chi connectivity index (χ1n) is 4.68. The minimum absolute atomic E-state index is 0.256. The topological polar surface area (TPSA) is 34.9 Å². The third kappa shape index (κ3) is 2.06. The van der Waals surface area contributed by atoms with E-state index in [4.69, 9.17) is 34.8 Å². The number of carbonyl (C=O) groups excluding carboxylic acids is 1. The molecule has 0 fully saturated rings. The summed E-state index contributed by atoms with van der Waals surface area (Å²) >= 11 is 18.1. The summed E-state index contributed by atoms with van der Waals surface area (Å²) in [6.45, 7) is 0. The Bertz CT molecular complexity index is 572. The molecule has 17 heavy (non-hydrogen) atoms. The molecule has 1 aromatic heterocycles. The number of hydrogen-bond acceptors (Lipinski definition) is 2. The summed E-state index contributed by atoms with van der Waals surface area (Å²) < 4.78 is 1.40. The largest absolute Gasteiger partial charge is 0.298 e. The summed E-state index contributed by atoms with van der Waals surface area (Å²) in [4.78, 5) is 11.0. The van der Waals surface area contributed by atoms with Gasteiger partial charge in [0.2, 0.25) is 0 Å². The Morgan fingerprint density at radius 1 is 1.24 bits per heavy atom. The summed E-state index contributed by atoms with van der Waals surface area (Å²) in [6, 6.07) is 5.08. The van der Waals surface area contributed by atoms with Gasteiger partial charge in [-0.3, -0.25) is 9.48 Å². The highest BCUT2D eigenvalue weighted by Gasteiger charge is 2.19. The molecule has 88 valence electrons. The molecule has 3 nitrogen and oxygen atoms in total. The van der Waals surface area contributed by atoms with E-state index in [9.17, 15) is 4.79 Å². The molecule has 2 rings (SSSR count). The zero-order chi connectivity index (χ0) is 12.6. The normalized spacial score (nSPS) is 10.6. The fourth-order valence-corrected chi connectivity index (χ4v) is 2.28. The Hall–Kier alpha value is -1.03. The number of aldehydes is 1. The van der Waals surface area contributed by atoms with E-state index in [1.165, 1.54) is 4.68 Å². The number of halogens is 3. The minimum atomic E-state index is 0.256. The number of nitrogens with zero attached hydrogens (tertiary/aromatic N) is 2. The van der Waals surface area contributed by atoms with E-state index in [2.05, 4.69) is 5.10 Å². The van der Waals surface area contributed by atoms with Crippen molar-refractivity contribution >= 4 is 41.1 Å². The molecule has 0 aliphatic heterocycles. The number of rotatable bonds is 2. The van der Waals surface area contributed by atoms with Crippen LogP contribution in [-0.4, -0.2) is 16.1 Å². The minimum Gasteiger partial charge on any atom is -0.298 e. The monoisotopic (exact) mass is 288 g/mol. The summed E-state index contributed by atoms with van der Waals surface area (Å²) in [5.41, 5.74) is 1.19. The van der Waals surface area contributed by atoms with Crippen LogP contribution < -0.4 is 0 Å². The summed E-state index contributed by atoms with van der Waals surface area (Å²) in [6.07, 6.45) is 0.643. The van der Waals surface area contributed by atoms with E-state index in [-0.39, 0.29) is 10.7 Å². The molecule has 6 heteroatoms. The molecule has 2 aromatic rings. The smallest absolute Gasteiger partial charge is 0.155 e. The molecule has 1 aromatic carbocycles. The van der Waals surface area contributed by atoms with Crippen molar-refractivity contribution in [3.05, 3.63) is 39.0 Å². The van der Waals surface area contributed by atoms with Crippen LogP contribution in [0.5, 0.6) is 0 Å². The molecular formula is C11H7Cl3N2O. The van der Waals surface area contributed by atoms with Gasteiger partial charge in [-0.1, -0.05) is 40.9 Å². The van der Waals surface area contributed by atoms with Crippen molar-refractivity contribution in [3.8, 4) is 11.3 Å². The lowest BCUT2D eigenvalue weighted by molar-refractivity contribution is 0.112. The van der Waals surface area contributed by atoms with E-state index in [0.717, 1.165) is 0 Å². The van der Waals surface area contributed by atoms with E-state index in [1.807, 2.05) is 0 Å². The Balaban J connectivity index is 2.77. The molecule has 0 aliphatic carbocycles. The lowest BCUT2D eigenvalue weighted by Crippen LogP contribution is -1.90. The molecule has 1 heterocycles. The molecule has 0 saturated carbocycles. The first-order chi connectivity index (χ1) is 8.06. The van der Waals surface area contributed by atoms with Crippen LogP contribution in [0.15, 0.2) is 18.2 Å². The molecule has 0 N–H and O–H groups in total. The van der Waals surface area contributed by atoms with Crippen LogP contribution in [0.3, 0.4) is 0 Å². The zero-order valence-electron chi connectivity index (χ0n) is 8.75. The standard InChI is InChI=1S/C11H7Cl3N2O/c1-16-11(14)6(5-17)10(15-16)9-7(12)3-2-4-8(9)13/h2-5H,1H3. The van der Waals surface area contributed by atoms with Gasteiger partial charge >= 0.3 is 0 Å². The van der Waals surface area contributed by atoms with Crippen LogP contribution in [0, 0.1) is 0 Å². The van der Waals surface area contributed by atoms with E-state index < -0.39 is 0 Å². The average Bonchev–Trinajstić information content (AvgIpc) is 2.55. The van der Waals surface area contributed by atoms with Gasteiger partial charge in [-0.2, -0.15) is 5.10 Å². The average molecular weight is 290 g/mol. The Morgan fingerprint density at radius 3 is 2.35 bits per heavy atom. The van der Waals surface area contributed by atoms with Crippen LogP contribution in [0.2, 0.25) is 15.2 Å². The van der Waals surface area contributed by atoms with Gasteiger partial charge in [0, 0.05) is 12.6 Å². The van der Waals surface area contributed by atoms with Crippen molar-refractivity contribution in [3.63, 3.8) is 0 Å². The number of aryl methyl sites for hydroxylation is 1. The first kappa shape index (κ1) is 12.4. The highest BCUT2D eigenvalue weighted by Crippen LogP contribution is 2.36. The summed E-state index contributed by atoms with van der Waals surface area (Å²) in [5.74, 6) is 0. The van der Waals surface area contributed by atoms with Crippen molar-refractivity contribution in [2.75, 3.05) is 0 Å². The molecule has 0 unspecified atom stereocenters. The Morgan fingerprint density at radius 2 is 1.82 bits per heavy atom. The number of benzene rings is 1. The van der Waals surface area contributed by atoms with Crippen LogP contribution >= 0.6 is 34.8 Å². The van der Waals surface area contributed by atoms with E-state index in [1.54, 1.807) is 25.2 Å². The van der Waals surface area contributed by atoms with Gasteiger partial charge in [-0.25, -0.2) is 0 Å². The number of hydrogen-bond donors (Lipinski definition) is 0. The van der Waals surface area contributed by atoms with E-state index >= 15 is 0 Å². The summed E-state index contributed by atoms with van der Waals surface area (Å²) in [5, 5.41) is 5.27. The third-order valence-electron chi connectivity index (χ3n) is 2.33. The van der Waals surface area contributed by atoms with Gasteiger partial charge in [-0.05, 0) is 12.1 Å². The van der Waals surface area contributed by atoms with Gasteiger partial charge < -0.3 is 0 Å². The van der Waals surface area contributed by atoms with Gasteiger partial charge in [0.25, 0.3) is 0 Å². The van der Waals surface area contributed by atoms with Crippen LogP contribution in [0.25, 0.3) is 11.3 Å². The maximum Gasteiger partial charge on any atom is 0.155 e. The van der Waals surface area contributed by atoms with Crippen LogP contribution in [0.1, 0.15) is 10.4 Å². The quantitative estimate of drug-likeness (QED) is 0.787. The van der Waals surface area contributed by atoms with Gasteiger partial charge in [0.15, 0.2) is 6.29 Å². The van der Waals surface area contributed by atoms with Crippen molar-refractivity contribution in [2.45, 2.75) is 0 Å². The first-order valence-corrected chi connectivity index (χ1v) is 5.81. The molecule has 0 amide bonds. The predicted octanol–water partition coefficient (Wildman–Crippen LogP) is 3.86. The van der Waals surface area contributed by atoms with Gasteiger partial charge in [0.1, 0.15) is 10.8 Å². The highest BCUT2D eigenvalue weighted by molar-refractivity contribution is 6.39. The van der Waals surface area contributed by atoms with Crippen molar-refractivity contribution in [1.82, 2.24) is 9.78 Å². The van der Waals surface area contributed by atoms with Crippen molar-refractivity contribution < 1.29 is 4.79 Å². The number of aromatic nitrogens is 2. The summed E-state index contributed by atoms with van der Waals surface area (Å²) in [7, 11) is 1.64. The molecule has 0 spiro atoms. The Labute approximate surface area is 113 Å². The fraction of sp³-hybridized carbons (Fsp3) is 0.0909. The lowest BCUT2D eigenvalue weighted by Gasteiger charge is -2.03. The van der Waals surface area contributed by atoms with Crippen molar-refractivity contribution in [2.24, 2.45) is 7.05 Å². The predicted molar refractivity (Wildman–Crippen MR) is 69.1 cm³/mol. The molecule has 0 bridgehead atoms. The van der Waals surface area contributed by atoms with E-state index in [0.29, 0.717) is 27.6 Å². The lowest BCUT2D eigenvalue weighted by atomic mass is 10.1. The molecule has 0 atom stereocenters. The maximum atomic E-state index is 11.0. The van der Waals surface area contributed by atoms with Crippen LogP contribution in [0.4, 0.5) is 0 Å². The highest BCUT2D eigenvalue weighted by atomic mass is 35.5. The molecule has 0 radical (unpaired) electrons. The second-order valence-corrected chi connectivity index (χ2v) is 4.56. The second kappa shape index (κ2) is 4.69. The SMILES string of the molecule is Cn1nc(-c2c(Cl)cccc2Cl)c(C=O)c1Cl.